The number of aryl methyl sites for hydroxylation is 1. The van der Waals surface area contributed by atoms with Crippen LogP contribution in [-0.2, 0) is 11.0 Å². The molecule has 124 valence electrons. The third-order valence-corrected chi connectivity index (χ3v) is 5.06. The summed E-state index contributed by atoms with van der Waals surface area (Å²) in [6.45, 7) is 3.41. The molecule has 0 bridgehead atoms. The third kappa shape index (κ3) is 4.82. The Morgan fingerprint density at radius 2 is 2.09 bits per heavy atom. The van der Waals surface area contributed by atoms with Crippen molar-refractivity contribution in [1.29, 1.82) is 0 Å². The molecule has 0 aliphatic heterocycles. The molecule has 4 nitrogen and oxygen atoms in total. The summed E-state index contributed by atoms with van der Waals surface area (Å²) in [6, 6.07) is 2.78. The standard InChI is InChI=1S/C13H11ClF3N3OS2/c1-6(22-12-20-19-7(2)23-12)11(21)18-10-5-8(13(15,16)17)3-4-9(10)14/h3-6H,1-2H3,(H,18,21). The van der Waals surface area contributed by atoms with E-state index in [1.54, 1.807) is 13.8 Å². The van der Waals surface area contributed by atoms with Gasteiger partial charge in [-0.3, -0.25) is 4.79 Å². The van der Waals surface area contributed by atoms with E-state index in [1.165, 1.54) is 23.1 Å². The van der Waals surface area contributed by atoms with Gasteiger partial charge in [0.25, 0.3) is 0 Å². The summed E-state index contributed by atoms with van der Waals surface area (Å²) in [5, 5.41) is 10.4. The number of hydrogen-bond acceptors (Lipinski definition) is 5. The predicted octanol–water partition coefficient (Wildman–Crippen LogP) is 4.64. The van der Waals surface area contributed by atoms with Gasteiger partial charge in [-0.05, 0) is 32.0 Å². The molecule has 1 aromatic heterocycles. The Hall–Kier alpha value is -1.32. The summed E-state index contributed by atoms with van der Waals surface area (Å²) < 4.78 is 38.7. The van der Waals surface area contributed by atoms with Crippen LogP contribution in [0.3, 0.4) is 0 Å². The Kier molecular flexibility index (Phi) is 5.53. The maximum absolute atomic E-state index is 12.7. The maximum atomic E-state index is 12.7. The zero-order valence-corrected chi connectivity index (χ0v) is 14.3. The number of carbonyl (C=O) groups excluding carboxylic acids is 1. The zero-order valence-electron chi connectivity index (χ0n) is 11.9. The number of carbonyl (C=O) groups is 1. The monoisotopic (exact) mass is 381 g/mol. The lowest BCUT2D eigenvalue weighted by molar-refractivity contribution is -0.137. The average Bonchev–Trinajstić information content (AvgIpc) is 2.85. The molecule has 0 saturated heterocycles. The molecule has 23 heavy (non-hydrogen) atoms. The molecule has 0 fully saturated rings. The lowest BCUT2D eigenvalue weighted by Crippen LogP contribution is -2.22. The number of nitrogens with zero attached hydrogens (tertiary/aromatic N) is 2. The van der Waals surface area contributed by atoms with Gasteiger partial charge < -0.3 is 5.32 Å². The van der Waals surface area contributed by atoms with Gasteiger partial charge in [0, 0.05) is 0 Å². The Morgan fingerprint density at radius 1 is 1.39 bits per heavy atom. The summed E-state index contributed by atoms with van der Waals surface area (Å²) >= 11 is 8.36. The highest BCUT2D eigenvalue weighted by molar-refractivity contribution is 8.02. The Balaban J connectivity index is 2.10. The summed E-state index contributed by atoms with van der Waals surface area (Å²) in [6.07, 6.45) is -4.51. The maximum Gasteiger partial charge on any atom is 0.416 e. The second kappa shape index (κ2) is 7.06. The van der Waals surface area contributed by atoms with Crippen LogP contribution in [0.4, 0.5) is 18.9 Å². The molecule has 1 N–H and O–H groups in total. The van der Waals surface area contributed by atoms with Crippen LogP contribution in [0.25, 0.3) is 0 Å². The van der Waals surface area contributed by atoms with Crippen LogP contribution < -0.4 is 5.32 Å². The van der Waals surface area contributed by atoms with E-state index in [9.17, 15) is 18.0 Å². The fraction of sp³-hybridized carbons (Fsp3) is 0.308. The first-order valence-corrected chi connectivity index (χ1v) is 8.38. The van der Waals surface area contributed by atoms with E-state index in [2.05, 4.69) is 15.5 Å². The largest absolute Gasteiger partial charge is 0.416 e. The second-order valence-corrected chi connectivity index (χ2v) is 7.71. The average molecular weight is 382 g/mol. The first kappa shape index (κ1) is 18.0. The molecular weight excluding hydrogens is 371 g/mol. The van der Waals surface area contributed by atoms with Crippen molar-refractivity contribution < 1.29 is 18.0 Å². The van der Waals surface area contributed by atoms with Crippen molar-refractivity contribution in [2.24, 2.45) is 0 Å². The molecule has 0 saturated carbocycles. The van der Waals surface area contributed by atoms with Crippen LogP contribution in [0.1, 0.15) is 17.5 Å². The van der Waals surface area contributed by atoms with E-state index in [1.807, 2.05) is 0 Å². The van der Waals surface area contributed by atoms with Crippen molar-refractivity contribution in [2.75, 3.05) is 5.32 Å². The molecular formula is C13H11ClF3N3OS2. The molecule has 0 aliphatic carbocycles. The molecule has 1 aromatic carbocycles. The Morgan fingerprint density at radius 3 is 2.65 bits per heavy atom. The van der Waals surface area contributed by atoms with E-state index in [0.29, 0.717) is 4.34 Å². The number of aromatic nitrogens is 2. The number of alkyl halides is 3. The minimum absolute atomic E-state index is 0.0373. The normalized spacial score (nSPS) is 13.0. The highest BCUT2D eigenvalue weighted by atomic mass is 35.5. The fourth-order valence-corrected chi connectivity index (χ4v) is 3.69. The summed E-state index contributed by atoms with van der Waals surface area (Å²) in [7, 11) is 0. The van der Waals surface area contributed by atoms with Gasteiger partial charge in [-0.2, -0.15) is 13.2 Å². The van der Waals surface area contributed by atoms with Gasteiger partial charge in [-0.25, -0.2) is 0 Å². The van der Waals surface area contributed by atoms with Gasteiger partial charge in [0.2, 0.25) is 5.91 Å². The lowest BCUT2D eigenvalue weighted by atomic mass is 10.2. The van der Waals surface area contributed by atoms with Gasteiger partial charge in [0.05, 0.1) is 21.5 Å². The van der Waals surface area contributed by atoms with E-state index in [-0.39, 0.29) is 10.7 Å². The molecule has 1 unspecified atom stereocenters. The summed E-state index contributed by atoms with van der Waals surface area (Å²) in [4.78, 5) is 12.1. The van der Waals surface area contributed by atoms with Gasteiger partial charge >= 0.3 is 6.18 Å². The number of hydrogen-bond donors (Lipinski definition) is 1. The smallest absolute Gasteiger partial charge is 0.324 e. The molecule has 2 aromatic rings. The second-order valence-electron chi connectivity index (χ2n) is 4.53. The molecule has 1 heterocycles. The topological polar surface area (TPSA) is 54.9 Å². The third-order valence-electron chi connectivity index (χ3n) is 2.71. The number of benzene rings is 1. The lowest BCUT2D eigenvalue weighted by Gasteiger charge is -2.14. The van der Waals surface area contributed by atoms with E-state index < -0.39 is 22.9 Å². The first-order valence-electron chi connectivity index (χ1n) is 6.31. The van der Waals surface area contributed by atoms with Gasteiger partial charge in [-0.1, -0.05) is 34.7 Å². The van der Waals surface area contributed by atoms with Crippen LogP contribution in [0.5, 0.6) is 0 Å². The number of thioether (sulfide) groups is 1. The highest BCUT2D eigenvalue weighted by Crippen LogP contribution is 2.34. The van der Waals surface area contributed by atoms with Gasteiger partial charge in [0.1, 0.15) is 5.01 Å². The van der Waals surface area contributed by atoms with Crippen LogP contribution >= 0.6 is 34.7 Å². The van der Waals surface area contributed by atoms with Crippen LogP contribution in [0, 0.1) is 6.92 Å². The number of amides is 1. The predicted molar refractivity (Wildman–Crippen MR) is 85.0 cm³/mol. The molecule has 0 spiro atoms. The molecule has 10 heteroatoms. The van der Waals surface area contributed by atoms with Crippen molar-refractivity contribution in [3.05, 3.63) is 33.8 Å². The minimum atomic E-state index is -4.51. The Labute approximate surface area is 143 Å². The molecule has 1 atom stereocenters. The highest BCUT2D eigenvalue weighted by Gasteiger charge is 2.31. The van der Waals surface area contributed by atoms with Crippen molar-refractivity contribution >= 4 is 46.3 Å². The fourth-order valence-electron chi connectivity index (χ4n) is 1.56. The van der Waals surface area contributed by atoms with E-state index >= 15 is 0 Å². The minimum Gasteiger partial charge on any atom is -0.324 e. The number of nitrogens with one attached hydrogen (secondary N) is 1. The quantitative estimate of drug-likeness (QED) is 0.784. The number of rotatable bonds is 4. The van der Waals surface area contributed by atoms with Crippen molar-refractivity contribution in [2.45, 2.75) is 29.6 Å². The molecule has 2 rings (SSSR count). The molecule has 1 amide bonds. The summed E-state index contributed by atoms with van der Waals surface area (Å²) in [5.74, 6) is -0.468. The zero-order chi connectivity index (χ0) is 17.2. The van der Waals surface area contributed by atoms with Gasteiger partial charge in [-0.15, -0.1) is 10.2 Å². The van der Waals surface area contributed by atoms with Crippen LogP contribution in [-0.4, -0.2) is 21.4 Å². The van der Waals surface area contributed by atoms with Crippen LogP contribution in [0.2, 0.25) is 5.02 Å². The van der Waals surface area contributed by atoms with E-state index in [4.69, 9.17) is 11.6 Å². The number of halogens is 4. The Bertz CT molecular complexity index is 721. The van der Waals surface area contributed by atoms with Crippen LogP contribution in [0.15, 0.2) is 22.5 Å². The SMILES string of the molecule is Cc1nnc(SC(C)C(=O)Nc2cc(C(F)(F)F)ccc2Cl)s1. The van der Waals surface area contributed by atoms with Crippen molar-refractivity contribution in [3.63, 3.8) is 0 Å². The molecule has 0 aliphatic rings. The van der Waals surface area contributed by atoms with Gasteiger partial charge in [0.15, 0.2) is 4.34 Å². The van der Waals surface area contributed by atoms with E-state index in [0.717, 1.165) is 23.2 Å². The summed E-state index contributed by atoms with van der Waals surface area (Å²) in [5.41, 5.74) is -0.954. The van der Waals surface area contributed by atoms with Crippen molar-refractivity contribution in [1.82, 2.24) is 10.2 Å². The number of anilines is 1. The first-order chi connectivity index (χ1) is 10.7. The molecule has 0 radical (unpaired) electrons. The van der Waals surface area contributed by atoms with Crippen molar-refractivity contribution in [3.8, 4) is 0 Å².